The van der Waals surface area contributed by atoms with Gasteiger partial charge >= 0.3 is 0 Å². The van der Waals surface area contributed by atoms with Crippen LogP contribution < -0.4 is 10.2 Å². The van der Waals surface area contributed by atoms with Crippen molar-refractivity contribution in [3.05, 3.63) is 94.7 Å². The summed E-state index contributed by atoms with van der Waals surface area (Å²) in [5.74, 6) is -1.13. The molecule has 8 heteroatoms. The zero-order valence-corrected chi connectivity index (χ0v) is 17.1. The van der Waals surface area contributed by atoms with Gasteiger partial charge in [-0.25, -0.2) is 10.4 Å². The molecule has 1 aromatic heterocycles. The topological polar surface area (TPSA) is 76.5 Å². The second-order valence-electron chi connectivity index (χ2n) is 6.66. The molecule has 4 aromatic rings. The number of carbonyl (C=O) groups is 1. The molecule has 0 aliphatic heterocycles. The number of hydrazone groups is 1. The third kappa shape index (κ3) is 4.67. The van der Waals surface area contributed by atoms with Crippen LogP contribution in [0.25, 0.3) is 10.8 Å². The van der Waals surface area contributed by atoms with Gasteiger partial charge in [-0.3, -0.25) is 4.79 Å². The van der Waals surface area contributed by atoms with Crippen LogP contribution >= 0.6 is 11.6 Å². The molecule has 4 rings (SSSR count). The number of rotatable bonds is 5. The van der Waals surface area contributed by atoms with Gasteiger partial charge in [-0.2, -0.15) is 14.5 Å². The molecule has 0 saturated carbocycles. The van der Waals surface area contributed by atoms with Crippen LogP contribution in [0.4, 0.5) is 4.39 Å². The fourth-order valence-electron chi connectivity index (χ4n) is 2.93. The van der Waals surface area contributed by atoms with E-state index in [-0.39, 0.29) is 17.1 Å². The lowest BCUT2D eigenvalue weighted by Gasteiger charge is -2.11. The predicted octanol–water partition coefficient (Wildman–Crippen LogP) is 5.29. The van der Waals surface area contributed by atoms with Crippen LogP contribution in [0.15, 0.2) is 72.0 Å². The molecule has 0 spiro atoms. The van der Waals surface area contributed by atoms with Crippen molar-refractivity contribution < 1.29 is 13.9 Å². The standard InChI is InChI=1S/C23H16ClFN4O2/c1-14-6-8-16(9-7-14)21(30)29-27-12-18-17-5-3-2-4-15(17)10-11-20(18)31-22-19(25)13-26-23(24)28-22/h2-13H,1H3,(H,29,30)/b27-12-. The maximum Gasteiger partial charge on any atom is 0.271 e. The molecule has 3 aromatic carbocycles. The van der Waals surface area contributed by atoms with Crippen LogP contribution in [-0.2, 0) is 0 Å². The smallest absolute Gasteiger partial charge is 0.271 e. The van der Waals surface area contributed by atoms with Crippen molar-refractivity contribution in [2.24, 2.45) is 5.10 Å². The van der Waals surface area contributed by atoms with Crippen LogP contribution in [0.3, 0.4) is 0 Å². The summed E-state index contributed by atoms with van der Waals surface area (Å²) in [4.78, 5) is 19.7. The molecule has 154 valence electrons. The Labute approximate surface area is 182 Å². The van der Waals surface area contributed by atoms with Crippen LogP contribution in [-0.4, -0.2) is 22.1 Å². The number of nitrogens with zero attached hydrogens (tertiary/aromatic N) is 3. The van der Waals surface area contributed by atoms with E-state index in [9.17, 15) is 9.18 Å². The molecule has 0 aliphatic rings. The number of amides is 1. The lowest BCUT2D eigenvalue weighted by atomic mass is 10.0. The largest absolute Gasteiger partial charge is 0.436 e. The van der Waals surface area contributed by atoms with E-state index in [0.717, 1.165) is 22.5 Å². The number of nitrogens with one attached hydrogen (secondary N) is 1. The first-order valence-electron chi connectivity index (χ1n) is 9.29. The van der Waals surface area contributed by atoms with Crippen LogP contribution in [0.2, 0.25) is 5.28 Å². The summed E-state index contributed by atoms with van der Waals surface area (Å²) in [7, 11) is 0. The van der Waals surface area contributed by atoms with Crippen molar-refractivity contribution in [3.8, 4) is 11.6 Å². The monoisotopic (exact) mass is 434 g/mol. The van der Waals surface area contributed by atoms with Gasteiger partial charge in [0.05, 0.1) is 12.4 Å². The summed E-state index contributed by atoms with van der Waals surface area (Å²) in [5, 5.41) is 5.65. The van der Waals surface area contributed by atoms with E-state index in [1.165, 1.54) is 6.21 Å². The minimum absolute atomic E-state index is 0.141. The summed E-state index contributed by atoms with van der Waals surface area (Å²) < 4.78 is 19.7. The number of aryl methyl sites for hydroxylation is 1. The molecule has 0 radical (unpaired) electrons. The van der Waals surface area contributed by atoms with E-state index in [1.54, 1.807) is 18.2 Å². The zero-order chi connectivity index (χ0) is 21.8. The van der Waals surface area contributed by atoms with Crippen LogP contribution in [0.5, 0.6) is 11.6 Å². The number of hydrogen-bond acceptors (Lipinski definition) is 5. The summed E-state index contributed by atoms with van der Waals surface area (Å²) >= 11 is 5.76. The molecule has 31 heavy (non-hydrogen) atoms. The van der Waals surface area contributed by atoms with Crippen molar-refractivity contribution in [3.63, 3.8) is 0 Å². The quantitative estimate of drug-likeness (QED) is 0.263. The molecule has 1 N–H and O–H groups in total. The Morgan fingerprint density at radius 1 is 1.13 bits per heavy atom. The van der Waals surface area contributed by atoms with E-state index < -0.39 is 5.82 Å². The Balaban J connectivity index is 1.67. The fourth-order valence-corrected chi connectivity index (χ4v) is 3.06. The summed E-state index contributed by atoms with van der Waals surface area (Å²) in [5.41, 5.74) is 4.57. The van der Waals surface area contributed by atoms with Crippen molar-refractivity contribution in [2.45, 2.75) is 6.92 Å². The zero-order valence-electron chi connectivity index (χ0n) is 16.3. The summed E-state index contributed by atoms with van der Waals surface area (Å²) in [6, 6.07) is 18.2. The molecule has 0 bridgehead atoms. The van der Waals surface area contributed by atoms with Gasteiger partial charge in [0.1, 0.15) is 5.75 Å². The highest BCUT2D eigenvalue weighted by atomic mass is 35.5. The Hall–Kier alpha value is -3.84. The normalized spacial score (nSPS) is 11.1. The molecule has 0 aliphatic carbocycles. The molecule has 0 atom stereocenters. The van der Waals surface area contributed by atoms with Gasteiger partial charge in [-0.15, -0.1) is 0 Å². The maximum absolute atomic E-state index is 14.1. The van der Waals surface area contributed by atoms with Gasteiger partial charge in [0.25, 0.3) is 11.8 Å². The van der Waals surface area contributed by atoms with E-state index in [1.807, 2.05) is 49.4 Å². The molecule has 0 saturated heterocycles. The van der Waals surface area contributed by atoms with Crippen LogP contribution in [0.1, 0.15) is 21.5 Å². The van der Waals surface area contributed by atoms with E-state index in [4.69, 9.17) is 16.3 Å². The molecule has 0 unspecified atom stereocenters. The number of halogens is 2. The van der Waals surface area contributed by atoms with Crippen LogP contribution in [0, 0.1) is 12.7 Å². The lowest BCUT2D eigenvalue weighted by Crippen LogP contribution is -2.17. The average Bonchev–Trinajstić information content (AvgIpc) is 2.77. The minimum atomic E-state index is -0.756. The molecule has 0 fully saturated rings. The number of fused-ring (bicyclic) bond motifs is 1. The lowest BCUT2D eigenvalue weighted by molar-refractivity contribution is 0.0955. The van der Waals surface area contributed by atoms with Gasteiger partial charge in [0, 0.05) is 11.1 Å². The first-order chi connectivity index (χ1) is 15.0. The Bertz CT molecular complexity index is 1290. The van der Waals surface area contributed by atoms with Gasteiger partial charge in [-0.1, -0.05) is 48.0 Å². The van der Waals surface area contributed by atoms with Gasteiger partial charge in [-0.05, 0) is 47.5 Å². The number of benzene rings is 3. The maximum atomic E-state index is 14.1. The highest BCUT2D eigenvalue weighted by Gasteiger charge is 2.13. The predicted molar refractivity (Wildman–Crippen MR) is 117 cm³/mol. The van der Waals surface area contributed by atoms with Crippen molar-refractivity contribution >= 4 is 34.5 Å². The molecular formula is C23H16ClFN4O2. The molecule has 1 heterocycles. The molecule has 1 amide bonds. The number of carbonyl (C=O) groups excluding carboxylic acids is 1. The molecule has 6 nitrogen and oxygen atoms in total. The Morgan fingerprint density at radius 2 is 1.90 bits per heavy atom. The van der Waals surface area contributed by atoms with Crippen molar-refractivity contribution in [1.29, 1.82) is 0 Å². The third-order valence-electron chi connectivity index (χ3n) is 4.49. The van der Waals surface area contributed by atoms with Gasteiger partial charge in [0.15, 0.2) is 0 Å². The number of aromatic nitrogens is 2. The average molecular weight is 435 g/mol. The second kappa shape index (κ2) is 8.89. The van der Waals surface area contributed by atoms with E-state index >= 15 is 0 Å². The van der Waals surface area contributed by atoms with Gasteiger partial charge in [0.2, 0.25) is 11.1 Å². The highest BCUT2D eigenvalue weighted by Crippen LogP contribution is 2.31. The summed E-state index contributed by atoms with van der Waals surface area (Å²) in [6.07, 6.45) is 2.38. The van der Waals surface area contributed by atoms with Crippen molar-refractivity contribution in [1.82, 2.24) is 15.4 Å². The third-order valence-corrected chi connectivity index (χ3v) is 4.68. The van der Waals surface area contributed by atoms with E-state index in [0.29, 0.717) is 16.9 Å². The number of ether oxygens (including phenoxy) is 1. The highest BCUT2D eigenvalue weighted by molar-refractivity contribution is 6.28. The van der Waals surface area contributed by atoms with E-state index in [2.05, 4.69) is 20.5 Å². The van der Waals surface area contributed by atoms with Crippen molar-refractivity contribution in [2.75, 3.05) is 0 Å². The summed E-state index contributed by atoms with van der Waals surface area (Å²) in [6.45, 7) is 1.94. The Morgan fingerprint density at radius 3 is 2.71 bits per heavy atom. The first kappa shape index (κ1) is 20.4. The molecular weight excluding hydrogens is 419 g/mol. The minimum Gasteiger partial charge on any atom is -0.436 e. The second-order valence-corrected chi connectivity index (χ2v) is 7.00. The SMILES string of the molecule is Cc1ccc(C(=O)N/N=C\c2c(Oc3nc(Cl)ncc3F)ccc3ccccc23)cc1. The van der Waals surface area contributed by atoms with Gasteiger partial charge < -0.3 is 4.74 Å². The first-order valence-corrected chi connectivity index (χ1v) is 9.67. The fraction of sp³-hybridized carbons (Fsp3) is 0.0435. The number of hydrogen-bond donors (Lipinski definition) is 1. The Kier molecular flexibility index (Phi) is 5.86.